The van der Waals surface area contributed by atoms with Crippen LogP contribution in [0, 0.1) is 13.0 Å². The molecule has 1 heterocycles. The molecular formula is C12H18NO2S. The van der Waals surface area contributed by atoms with Crippen molar-refractivity contribution >= 4 is 10.6 Å². The van der Waals surface area contributed by atoms with Crippen LogP contribution in [0.2, 0.25) is 0 Å². The van der Waals surface area contributed by atoms with Crippen molar-refractivity contribution in [3.05, 3.63) is 35.4 Å². The minimum atomic E-state index is -2.26. The first-order chi connectivity index (χ1) is 7.55. The van der Waals surface area contributed by atoms with Crippen LogP contribution in [-0.4, -0.2) is 38.6 Å². The van der Waals surface area contributed by atoms with Gasteiger partial charge in [-0.2, -0.15) is 10.6 Å². The topological polar surface area (TPSA) is 43.7 Å². The predicted octanol–water partition coefficient (Wildman–Crippen LogP) is 2.36. The Morgan fingerprint density at radius 3 is 2.69 bits per heavy atom. The number of hydrogen-bond donors (Lipinski definition) is 2. The van der Waals surface area contributed by atoms with Crippen LogP contribution in [0.4, 0.5) is 0 Å². The van der Waals surface area contributed by atoms with Gasteiger partial charge in [-0.05, 0) is 24.1 Å². The highest BCUT2D eigenvalue weighted by molar-refractivity contribution is 8.24. The second kappa shape index (κ2) is 4.75. The van der Waals surface area contributed by atoms with Gasteiger partial charge in [0.1, 0.15) is 0 Å². The quantitative estimate of drug-likeness (QED) is 0.834. The number of hydrogen-bond acceptors (Lipinski definition) is 3. The molecule has 0 atom stereocenters. The lowest BCUT2D eigenvalue weighted by molar-refractivity contribution is 0.278. The monoisotopic (exact) mass is 240 g/mol. The molecule has 16 heavy (non-hydrogen) atoms. The summed E-state index contributed by atoms with van der Waals surface area (Å²) < 4.78 is 19.0. The SMILES string of the molecule is Cc1[c]ccc(CN2CCS(O)(O)CC2)c1. The first kappa shape index (κ1) is 11.9. The molecule has 0 unspecified atom stereocenters. The van der Waals surface area contributed by atoms with Crippen LogP contribution in [0.1, 0.15) is 11.1 Å². The average molecular weight is 240 g/mol. The Kier molecular flexibility index (Phi) is 3.54. The Morgan fingerprint density at radius 2 is 2.06 bits per heavy atom. The molecule has 1 saturated heterocycles. The van der Waals surface area contributed by atoms with Crippen molar-refractivity contribution in [1.29, 1.82) is 0 Å². The highest BCUT2D eigenvalue weighted by atomic mass is 32.3. The highest BCUT2D eigenvalue weighted by Crippen LogP contribution is 2.40. The van der Waals surface area contributed by atoms with Crippen molar-refractivity contribution in [3.8, 4) is 0 Å². The van der Waals surface area contributed by atoms with Crippen LogP contribution >= 0.6 is 10.6 Å². The lowest BCUT2D eigenvalue weighted by Crippen LogP contribution is -2.37. The number of aryl methyl sites for hydroxylation is 1. The standard InChI is InChI=1S/C12H18NO2S/c1-11-3-2-4-12(9-11)10-13-5-7-16(14,15)8-6-13/h2,4,9,14-15H,5-8,10H2,1H3. The van der Waals surface area contributed by atoms with Gasteiger partial charge in [-0.25, -0.2) is 0 Å². The van der Waals surface area contributed by atoms with E-state index in [-0.39, 0.29) is 0 Å². The minimum Gasteiger partial charge on any atom is -0.299 e. The molecule has 0 spiro atoms. The smallest absolute Gasteiger partial charge is 0.0502 e. The van der Waals surface area contributed by atoms with Gasteiger partial charge in [0.2, 0.25) is 0 Å². The van der Waals surface area contributed by atoms with Gasteiger partial charge in [-0.15, -0.1) is 0 Å². The average Bonchev–Trinajstić information content (AvgIpc) is 2.21. The molecule has 1 aromatic rings. The molecule has 1 aliphatic heterocycles. The molecule has 0 bridgehead atoms. The van der Waals surface area contributed by atoms with Gasteiger partial charge < -0.3 is 0 Å². The largest absolute Gasteiger partial charge is 0.299 e. The molecule has 2 rings (SSSR count). The van der Waals surface area contributed by atoms with Gasteiger partial charge in [-0.3, -0.25) is 14.0 Å². The van der Waals surface area contributed by atoms with Crippen molar-refractivity contribution < 1.29 is 9.11 Å². The van der Waals surface area contributed by atoms with Crippen LogP contribution in [-0.2, 0) is 6.54 Å². The van der Waals surface area contributed by atoms with E-state index in [1.54, 1.807) is 0 Å². The molecule has 0 amide bonds. The Labute approximate surface area is 98.4 Å². The summed E-state index contributed by atoms with van der Waals surface area (Å²) in [6.07, 6.45) is 0. The summed E-state index contributed by atoms with van der Waals surface area (Å²) in [7, 11) is -2.26. The Balaban J connectivity index is 1.92. The van der Waals surface area contributed by atoms with Crippen LogP contribution in [0.15, 0.2) is 18.2 Å². The first-order valence-corrected chi connectivity index (χ1v) is 7.37. The third-order valence-corrected chi connectivity index (χ3v) is 4.56. The fourth-order valence-corrected chi connectivity index (χ4v) is 3.23. The van der Waals surface area contributed by atoms with E-state index in [0.717, 1.165) is 25.2 Å². The van der Waals surface area contributed by atoms with Gasteiger partial charge in [-0.1, -0.05) is 18.2 Å². The molecule has 1 fully saturated rings. The number of benzene rings is 1. The van der Waals surface area contributed by atoms with Crippen molar-refractivity contribution in [2.75, 3.05) is 24.6 Å². The zero-order chi connectivity index (χ0) is 11.6. The van der Waals surface area contributed by atoms with Gasteiger partial charge in [0.05, 0.1) is 11.5 Å². The predicted molar refractivity (Wildman–Crippen MR) is 67.9 cm³/mol. The summed E-state index contributed by atoms with van der Waals surface area (Å²) >= 11 is 0. The molecule has 0 aromatic heterocycles. The highest BCUT2D eigenvalue weighted by Gasteiger charge is 2.21. The van der Waals surface area contributed by atoms with Gasteiger partial charge in [0.15, 0.2) is 0 Å². The van der Waals surface area contributed by atoms with Crippen molar-refractivity contribution in [3.63, 3.8) is 0 Å². The third kappa shape index (κ3) is 3.22. The second-order valence-electron chi connectivity index (χ2n) is 4.37. The molecule has 0 saturated carbocycles. The van der Waals surface area contributed by atoms with Crippen LogP contribution in [0.3, 0.4) is 0 Å². The van der Waals surface area contributed by atoms with Crippen LogP contribution in [0.5, 0.6) is 0 Å². The van der Waals surface area contributed by atoms with E-state index in [1.165, 1.54) is 5.56 Å². The molecule has 1 aliphatic rings. The second-order valence-corrected chi connectivity index (χ2v) is 6.79. The lowest BCUT2D eigenvalue weighted by atomic mass is 10.1. The van der Waals surface area contributed by atoms with Crippen molar-refractivity contribution in [2.45, 2.75) is 13.5 Å². The molecule has 1 aromatic carbocycles. The fourth-order valence-electron chi connectivity index (χ4n) is 1.93. The lowest BCUT2D eigenvalue weighted by Gasteiger charge is -2.41. The van der Waals surface area contributed by atoms with Gasteiger partial charge in [0, 0.05) is 19.6 Å². The summed E-state index contributed by atoms with van der Waals surface area (Å²) in [5.41, 5.74) is 2.42. The van der Waals surface area contributed by atoms with E-state index in [1.807, 2.05) is 13.0 Å². The van der Waals surface area contributed by atoms with E-state index in [2.05, 4.69) is 23.1 Å². The molecule has 89 valence electrons. The maximum atomic E-state index is 9.51. The maximum Gasteiger partial charge on any atom is 0.0502 e. The molecule has 2 N–H and O–H groups in total. The summed E-state index contributed by atoms with van der Waals surface area (Å²) in [5.74, 6) is 1.04. The summed E-state index contributed by atoms with van der Waals surface area (Å²) in [6, 6.07) is 9.27. The zero-order valence-corrected chi connectivity index (χ0v) is 10.3. The third-order valence-electron chi connectivity index (χ3n) is 2.89. The number of nitrogens with zero attached hydrogens (tertiary/aromatic N) is 1. The minimum absolute atomic E-state index is 0.519. The van der Waals surface area contributed by atoms with E-state index in [4.69, 9.17) is 0 Å². The van der Waals surface area contributed by atoms with Gasteiger partial charge in [0.25, 0.3) is 0 Å². The Hall–Kier alpha value is -0.550. The van der Waals surface area contributed by atoms with Crippen molar-refractivity contribution in [1.82, 2.24) is 4.90 Å². The summed E-state index contributed by atoms with van der Waals surface area (Å²) in [4.78, 5) is 2.27. The zero-order valence-electron chi connectivity index (χ0n) is 9.52. The van der Waals surface area contributed by atoms with E-state index in [9.17, 15) is 9.11 Å². The molecule has 3 nitrogen and oxygen atoms in total. The molecule has 1 radical (unpaired) electrons. The van der Waals surface area contributed by atoms with Crippen LogP contribution < -0.4 is 0 Å². The Morgan fingerprint density at radius 1 is 1.38 bits per heavy atom. The van der Waals surface area contributed by atoms with Gasteiger partial charge >= 0.3 is 0 Å². The van der Waals surface area contributed by atoms with Crippen molar-refractivity contribution in [2.24, 2.45) is 0 Å². The molecule has 0 aliphatic carbocycles. The van der Waals surface area contributed by atoms with Crippen LogP contribution in [0.25, 0.3) is 0 Å². The summed E-state index contributed by atoms with van der Waals surface area (Å²) in [6.45, 7) is 4.49. The fraction of sp³-hybridized carbons (Fsp3) is 0.500. The van der Waals surface area contributed by atoms with E-state index < -0.39 is 10.6 Å². The van der Waals surface area contributed by atoms with E-state index >= 15 is 0 Å². The molecule has 4 heteroatoms. The normalized spacial score (nSPS) is 22.9. The summed E-state index contributed by atoms with van der Waals surface area (Å²) in [5, 5.41) is 0. The number of rotatable bonds is 2. The first-order valence-electron chi connectivity index (χ1n) is 5.48. The maximum absolute atomic E-state index is 9.51. The van der Waals surface area contributed by atoms with E-state index in [0.29, 0.717) is 11.5 Å². The Bertz CT molecular complexity index is 358. The molecular weight excluding hydrogens is 222 g/mol.